The van der Waals surface area contributed by atoms with Crippen molar-refractivity contribution in [2.45, 2.75) is 19.8 Å². The van der Waals surface area contributed by atoms with E-state index in [2.05, 4.69) is 17.1 Å². The highest BCUT2D eigenvalue weighted by molar-refractivity contribution is 5.04. The summed E-state index contributed by atoms with van der Waals surface area (Å²) in [6.07, 6.45) is 3.92. The summed E-state index contributed by atoms with van der Waals surface area (Å²) in [7, 11) is 0. The molecule has 0 fully saturated rings. The summed E-state index contributed by atoms with van der Waals surface area (Å²) in [5, 5.41) is 7.20. The average Bonchev–Trinajstić information content (AvgIpc) is 1.94. The second-order valence-corrected chi connectivity index (χ2v) is 1.92. The number of nitrogens with zero attached hydrogens (tertiary/aromatic N) is 2. The third kappa shape index (κ3) is 1.80. The zero-order chi connectivity index (χ0) is 7.40. The summed E-state index contributed by atoms with van der Waals surface area (Å²) >= 11 is 0. The van der Waals surface area contributed by atoms with Gasteiger partial charge in [-0.3, -0.25) is 0 Å². The van der Waals surface area contributed by atoms with Gasteiger partial charge in [0.15, 0.2) is 0 Å². The molecule has 9 heavy (non-hydrogen) atoms. The van der Waals surface area contributed by atoms with Gasteiger partial charge in [0.05, 0.1) is 7.54 Å². The van der Waals surface area contributed by atoms with Crippen LogP contribution in [0, 0.1) is 0 Å². The van der Waals surface area contributed by atoms with Gasteiger partial charge in [0.25, 0.3) is 0 Å². The second-order valence-electron chi connectivity index (χ2n) is 1.92. The van der Waals surface area contributed by atoms with Gasteiger partial charge in [-0.1, -0.05) is 13.3 Å². The number of hydrogen-bond acceptors (Lipinski definition) is 2. The van der Waals surface area contributed by atoms with Crippen LogP contribution in [-0.4, -0.2) is 10.2 Å². The Bertz CT molecular complexity index is 213. The average molecular weight is 123 g/mol. The molecule has 0 radical (unpaired) electrons. The quantitative estimate of drug-likeness (QED) is 0.594. The predicted octanol–water partition coefficient (Wildman–Crippen LogP) is 1.43. The Morgan fingerprint density at radius 1 is 1.67 bits per heavy atom. The fourth-order valence-corrected chi connectivity index (χ4v) is 0.696. The Balaban J connectivity index is 2.81. The summed E-state index contributed by atoms with van der Waals surface area (Å²) in [5.41, 5.74) is 0.984. The molecule has 0 aliphatic carbocycles. The van der Waals surface area contributed by atoms with Crippen molar-refractivity contribution in [2.75, 3.05) is 0 Å². The van der Waals surface area contributed by atoms with Gasteiger partial charge >= 0.3 is 0 Å². The van der Waals surface area contributed by atoms with Crippen LogP contribution in [0.4, 0.5) is 0 Å². The van der Waals surface area contributed by atoms with Crippen LogP contribution >= 0.6 is 0 Å². The molecule has 2 heteroatoms. The van der Waals surface area contributed by atoms with Gasteiger partial charge in [0.2, 0.25) is 0 Å². The van der Waals surface area contributed by atoms with Crippen LogP contribution in [0.25, 0.3) is 0 Å². The van der Waals surface area contributed by atoms with Crippen LogP contribution in [0.1, 0.15) is 20.3 Å². The molecule has 0 bridgehead atoms. The minimum absolute atomic E-state index is 0.310. The summed E-state index contributed by atoms with van der Waals surface area (Å²) in [5.74, 6) is 0. The molecule has 0 amide bonds. The van der Waals surface area contributed by atoms with Crippen LogP contribution in [0.5, 0.6) is 0 Å². The van der Waals surface area contributed by atoms with E-state index in [0.29, 0.717) is 6.17 Å². The minimum atomic E-state index is 0.310. The molecule has 0 atom stereocenters. The lowest BCUT2D eigenvalue weighted by Crippen LogP contribution is -1.85. The fraction of sp³-hybridized carbons (Fsp3) is 0.429. The Labute approximate surface area is 56.3 Å². The first kappa shape index (κ1) is 4.91. The molecule has 0 aromatic carbocycles. The molecule has 0 unspecified atom stereocenters. The van der Waals surface area contributed by atoms with Crippen molar-refractivity contribution in [2.24, 2.45) is 0 Å². The maximum absolute atomic E-state index is 7.30. The molecule has 1 aromatic heterocycles. The van der Waals surface area contributed by atoms with Gasteiger partial charge in [-0.2, -0.15) is 10.2 Å². The molecule has 1 rings (SSSR count). The normalized spacial score (nSPS) is 11.0. The lowest BCUT2D eigenvalue weighted by Gasteiger charge is -1.92. The molecule has 0 saturated heterocycles. The standard InChI is InChI=1S/C7H10N2/c1-2-3-7-4-5-8-9-6-7/h4-6H,2-3H2,1H3/i6D. The van der Waals surface area contributed by atoms with Gasteiger partial charge in [-0.15, -0.1) is 0 Å². The van der Waals surface area contributed by atoms with Gasteiger partial charge in [-0.25, -0.2) is 0 Å². The maximum atomic E-state index is 7.30. The van der Waals surface area contributed by atoms with Gasteiger partial charge in [0, 0.05) is 6.20 Å². The number of aryl methyl sites for hydroxylation is 1. The van der Waals surface area contributed by atoms with E-state index in [1.54, 1.807) is 6.20 Å². The molecule has 2 nitrogen and oxygen atoms in total. The highest BCUT2D eigenvalue weighted by atomic mass is 15.1. The zero-order valence-electron chi connectivity index (χ0n) is 6.46. The van der Waals surface area contributed by atoms with Crippen LogP contribution in [0.3, 0.4) is 0 Å². The van der Waals surface area contributed by atoms with Crippen molar-refractivity contribution >= 4 is 0 Å². The van der Waals surface area contributed by atoms with Crippen molar-refractivity contribution in [1.29, 1.82) is 0 Å². The molecule has 1 aromatic rings. The third-order valence-electron chi connectivity index (χ3n) is 1.11. The molecule has 48 valence electrons. The van der Waals surface area contributed by atoms with E-state index in [-0.39, 0.29) is 0 Å². The number of hydrogen-bond donors (Lipinski definition) is 0. The molecule has 0 aliphatic rings. The van der Waals surface area contributed by atoms with Crippen LogP contribution in [0.2, 0.25) is 0 Å². The van der Waals surface area contributed by atoms with E-state index in [9.17, 15) is 0 Å². The van der Waals surface area contributed by atoms with E-state index >= 15 is 0 Å². The smallest absolute Gasteiger partial charge is 0.0863 e. The molecular formula is C7H10N2. The number of rotatable bonds is 2. The lowest BCUT2D eigenvalue weighted by molar-refractivity contribution is 0.892. The first-order valence-electron chi connectivity index (χ1n) is 3.61. The van der Waals surface area contributed by atoms with E-state index in [0.717, 1.165) is 18.4 Å². The summed E-state index contributed by atoms with van der Waals surface area (Å²) < 4.78 is 7.30. The van der Waals surface area contributed by atoms with Crippen molar-refractivity contribution in [3.8, 4) is 0 Å². The summed E-state index contributed by atoms with van der Waals surface area (Å²) in [4.78, 5) is 0. The Morgan fingerprint density at radius 2 is 2.56 bits per heavy atom. The predicted molar refractivity (Wildman–Crippen MR) is 36.0 cm³/mol. The van der Waals surface area contributed by atoms with Crippen molar-refractivity contribution < 1.29 is 1.37 Å². The molecule has 0 spiro atoms. The van der Waals surface area contributed by atoms with Gasteiger partial charge in [-0.05, 0) is 18.1 Å². The Morgan fingerprint density at radius 3 is 3.22 bits per heavy atom. The van der Waals surface area contributed by atoms with E-state index in [1.807, 2.05) is 6.07 Å². The first-order chi connectivity index (χ1) is 4.84. The largest absolute Gasteiger partial charge is 0.159 e. The van der Waals surface area contributed by atoms with Crippen LogP contribution in [0.15, 0.2) is 18.4 Å². The molecule has 0 aliphatic heterocycles. The van der Waals surface area contributed by atoms with Crippen molar-refractivity contribution in [3.63, 3.8) is 0 Å². The molecule has 1 heterocycles. The molecule has 0 N–H and O–H groups in total. The molecular weight excluding hydrogens is 112 g/mol. The summed E-state index contributed by atoms with van der Waals surface area (Å²) in [6, 6.07) is 1.85. The third-order valence-corrected chi connectivity index (χ3v) is 1.11. The van der Waals surface area contributed by atoms with E-state index in [4.69, 9.17) is 1.37 Å². The highest BCUT2D eigenvalue weighted by Gasteiger charge is 1.86. The minimum Gasteiger partial charge on any atom is -0.159 e. The van der Waals surface area contributed by atoms with Gasteiger partial charge in [0.1, 0.15) is 0 Å². The Kier molecular flexibility index (Phi) is 1.73. The topological polar surface area (TPSA) is 25.8 Å². The Hall–Kier alpha value is -0.920. The maximum Gasteiger partial charge on any atom is 0.0863 e. The SMILES string of the molecule is [2H]c1nnccc1CCC. The first-order valence-corrected chi connectivity index (χ1v) is 3.11. The summed E-state index contributed by atoms with van der Waals surface area (Å²) in [6.45, 7) is 2.08. The monoisotopic (exact) mass is 123 g/mol. The highest BCUT2D eigenvalue weighted by Crippen LogP contribution is 1.96. The van der Waals surface area contributed by atoms with Crippen LogP contribution < -0.4 is 0 Å². The second kappa shape index (κ2) is 3.17. The van der Waals surface area contributed by atoms with Gasteiger partial charge < -0.3 is 0 Å². The van der Waals surface area contributed by atoms with Crippen molar-refractivity contribution in [1.82, 2.24) is 10.2 Å². The zero-order valence-corrected chi connectivity index (χ0v) is 5.46. The lowest BCUT2D eigenvalue weighted by atomic mass is 10.2. The fourth-order valence-electron chi connectivity index (χ4n) is 0.696. The number of aromatic nitrogens is 2. The molecule has 0 saturated carbocycles. The van der Waals surface area contributed by atoms with E-state index < -0.39 is 0 Å². The van der Waals surface area contributed by atoms with Crippen LogP contribution in [-0.2, 0) is 6.42 Å². The van der Waals surface area contributed by atoms with E-state index in [1.165, 1.54) is 0 Å². The van der Waals surface area contributed by atoms with Crippen molar-refractivity contribution in [3.05, 3.63) is 24.0 Å².